The standard InChI is InChI=1S/C42H25N2OP/c45-46(38-12-5-11-35(44-38)34-10-1-2-25-43-34,36-23-19-30-15-13-26-6-3-8-28-17-21-32(36)41(30)39(26)28)37-24-20-31-16-14-27-7-4-9-29-18-22-33(37)42(31)40(27)29/h1-25H. The second kappa shape index (κ2) is 9.44. The number of hydrogen-bond acceptors (Lipinski definition) is 3. The molecule has 0 saturated heterocycles. The summed E-state index contributed by atoms with van der Waals surface area (Å²) < 4.78 is 16.6. The van der Waals surface area contributed by atoms with Gasteiger partial charge in [-0.25, -0.2) is 4.98 Å². The van der Waals surface area contributed by atoms with Gasteiger partial charge in [0.1, 0.15) is 5.44 Å². The molecule has 0 amide bonds. The molecule has 4 heteroatoms. The fourth-order valence-corrected chi connectivity index (χ4v) is 10.5. The molecule has 0 aliphatic heterocycles. The van der Waals surface area contributed by atoms with Crippen molar-refractivity contribution in [3.05, 3.63) is 152 Å². The highest BCUT2D eigenvalue weighted by atomic mass is 31.2. The number of aromatic nitrogens is 2. The Morgan fingerprint density at radius 2 is 0.848 bits per heavy atom. The minimum Gasteiger partial charge on any atom is -0.307 e. The number of pyridine rings is 2. The van der Waals surface area contributed by atoms with Gasteiger partial charge in [0.25, 0.3) is 0 Å². The van der Waals surface area contributed by atoms with Crippen LogP contribution in [0.1, 0.15) is 0 Å². The number of hydrogen-bond donors (Lipinski definition) is 0. The molecule has 0 saturated carbocycles. The van der Waals surface area contributed by atoms with Gasteiger partial charge in [-0.15, -0.1) is 0 Å². The second-order valence-electron chi connectivity index (χ2n) is 12.1. The number of rotatable bonds is 4. The molecule has 10 rings (SSSR count). The van der Waals surface area contributed by atoms with Crippen LogP contribution in [-0.2, 0) is 4.57 Å². The van der Waals surface area contributed by atoms with Crippen LogP contribution in [0, 0.1) is 0 Å². The lowest BCUT2D eigenvalue weighted by Gasteiger charge is -2.25. The topological polar surface area (TPSA) is 42.9 Å². The van der Waals surface area contributed by atoms with Crippen LogP contribution in [0.3, 0.4) is 0 Å². The zero-order chi connectivity index (χ0) is 30.4. The summed E-state index contributed by atoms with van der Waals surface area (Å²) in [7, 11) is -3.58. The van der Waals surface area contributed by atoms with Crippen LogP contribution in [0.5, 0.6) is 0 Å². The molecule has 3 nitrogen and oxygen atoms in total. The highest BCUT2D eigenvalue weighted by Gasteiger charge is 2.36. The summed E-state index contributed by atoms with van der Waals surface area (Å²) >= 11 is 0. The van der Waals surface area contributed by atoms with E-state index in [0.29, 0.717) is 11.1 Å². The molecule has 214 valence electrons. The zero-order valence-corrected chi connectivity index (χ0v) is 25.6. The molecule has 0 unspecified atom stereocenters. The van der Waals surface area contributed by atoms with E-state index in [0.717, 1.165) is 48.6 Å². The van der Waals surface area contributed by atoms with Crippen LogP contribution in [0.2, 0.25) is 0 Å². The minimum atomic E-state index is -3.58. The van der Waals surface area contributed by atoms with Gasteiger partial charge < -0.3 is 4.57 Å². The minimum absolute atomic E-state index is 0.556. The highest BCUT2D eigenvalue weighted by molar-refractivity contribution is 7.86. The van der Waals surface area contributed by atoms with Crippen molar-refractivity contribution in [2.75, 3.05) is 0 Å². The van der Waals surface area contributed by atoms with E-state index in [1.165, 1.54) is 32.3 Å². The maximum Gasteiger partial charge on any atom is 0.189 e. The molecule has 0 fully saturated rings. The van der Waals surface area contributed by atoms with E-state index in [2.05, 4.69) is 114 Å². The maximum atomic E-state index is 16.6. The molecule has 10 aromatic rings. The average Bonchev–Trinajstić information content (AvgIpc) is 3.13. The van der Waals surface area contributed by atoms with Crippen LogP contribution in [0.25, 0.3) is 76.0 Å². The van der Waals surface area contributed by atoms with E-state index in [9.17, 15) is 0 Å². The van der Waals surface area contributed by atoms with Gasteiger partial charge in [0.2, 0.25) is 0 Å². The van der Waals surface area contributed by atoms with Gasteiger partial charge in [0.05, 0.1) is 11.4 Å². The van der Waals surface area contributed by atoms with Gasteiger partial charge in [-0.1, -0.05) is 109 Å². The lowest BCUT2D eigenvalue weighted by molar-refractivity contribution is 0.592. The predicted octanol–water partition coefficient (Wildman–Crippen LogP) is 9.58. The second-order valence-corrected chi connectivity index (χ2v) is 14.7. The largest absolute Gasteiger partial charge is 0.307 e. The third-order valence-electron chi connectivity index (χ3n) is 9.67. The Hall–Kier alpha value is -5.63. The average molecular weight is 605 g/mol. The van der Waals surface area contributed by atoms with Crippen LogP contribution >= 0.6 is 7.14 Å². The summed E-state index contributed by atoms with van der Waals surface area (Å²) in [5.74, 6) is 0. The van der Waals surface area contributed by atoms with Gasteiger partial charge in [-0.3, -0.25) is 4.98 Å². The fraction of sp³-hybridized carbons (Fsp3) is 0. The molecular formula is C42H25N2OP. The molecule has 2 aromatic heterocycles. The molecular weight excluding hydrogens is 579 g/mol. The van der Waals surface area contributed by atoms with E-state index in [-0.39, 0.29) is 0 Å². The Kier molecular flexibility index (Phi) is 5.27. The Labute approximate surface area is 264 Å². The predicted molar refractivity (Wildman–Crippen MR) is 194 cm³/mol. The smallest absolute Gasteiger partial charge is 0.189 e. The first kappa shape index (κ1) is 25.7. The molecule has 46 heavy (non-hydrogen) atoms. The van der Waals surface area contributed by atoms with Gasteiger partial charge in [0, 0.05) is 16.8 Å². The van der Waals surface area contributed by atoms with Gasteiger partial charge in [-0.05, 0) is 101 Å². The van der Waals surface area contributed by atoms with Gasteiger partial charge >= 0.3 is 0 Å². The third-order valence-corrected chi connectivity index (χ3v) is 12.7. The Morgan fingerprint density at radius 3 is 1.37 bits per heavy atom. The van der Waals surface area contributed by atoms with E-state index in [1.807, 2.05) is 36.4 Å². The molecule has 0 aliphatic rings. The van der Waals surface area contributed by atoms with E-state index >= 15 is 4.57 Å². The first-order valence-electron chi connectivity index (χ1n) is 15.5. The summed E-state index contributed by atoms with van der Waals surface area (Å²) in [6.07, 6.45) is 1.77. The Bertz CT molecular complexity index is 2660. The lowest BCUT2D eigenvalue weighted by atomic mass is 9.94. The number of benzene rings is 8. The van der Waals surface area contributed by atoms with Crippen LogP contribution in [-0.4, -0.2) is 9.97 Å². The first-order chi connectivity index (χ1) is 22.7. The molecule has 0 bridgehead atoms. The molecule has 0 aliphatic carbocycles. The van der Waals surface area contributed by atoms with Crippen molar-refractivity contribution in [3.63, 3.8) is 0 Å². The van der Waals surface area contributed by atoms with E-state index in [4.69, 9.17) is 4.98 Å². The van der Waals surface area contributed by atoms with Crippen LogP contribution in [0.4, 0.5) is 0 Å². The van der Waals surface area contributed by atoms with Crippen molar-refractivity contribution in [3.8, 4) is 11.4 Å². The summed E-state index contributed by atoms with van der Waals surface area (Å²) in [5.41, 5.74) is 2.01. The van der Waals surface area contributed by atoms with Gasteiger partial charge in [0.15, 0.2) is 7.14 Å². The molecule has 0 spiro atoms. The van der Waals surface area contributed by atoms with Crippen molar-refractivity contribution in [1.82, 2.24) is 9.97 Å². The summed E-state index contributed by atoms with van der Waals surface area (Å²) in [5, 5.41) is 15.3. The summed E-state index contributed by atoms with van der Waals surface area (Å²) in [6, 6.07) is 50.3. The number of nitrogens with zero attached hydrogens (tertiary/aromatic N) is 2. The summed E-state index contributed by atoms with van der Waals surface area (Å²) in [6.45, 7) is 0. The lowest BCUT2D eigenvalue weighted by Crippen LogP contribution is -2.28. The first-order valence-corrected chi connectivity index (χ1v) is 17.2. The third kappa shape index (κ3) is 3.46. The van der Waals surface area contributed by atoms with Gasteiger partial charge in [-0.2, -0.15) is 0 Å². The van der Waals surface area contributed by atoms with Crippen molar-refractivity contribution < 1.29 is 4.57 Å². The Balaban J connectivity index is 1.36. The monoisotopic (exact) mass is 604 g/mol. The Morgan fingerprint density at radius 1 is 0.391 bits per heavy atom. The quantitative estimate of drug-likeness (QED) is 0.148. The van der Waals surface area contributed by atoms with Crippen molar-refractivity contribution in [1.29, 1.82) is 0 Å². The molecule has 8 aromatic carbocycles. The molecule has 0 radical (unpaired) electrons. The van der Waals surface area contributed by atoms with Crippen LogP contribution < -0.4 is 16.0 Å². The summed E-state index contributed by atoms with van der Waals surface area (Å²) in [4.78, 5) is 9.74. The zero-order valence-electron chi connectivity index (χ0n) is 24.7. The highest BCUT2D eigenvalue weighted by Crippen LogP contribution is 2.49. The maximum absolute atomic E-state index is 16.6. The van der Waals surface area contributed by atoms with Crippen LogP contribution in [0.15, 0.2) is 152 Å². The van der Waals surface area contributed by atoms with Crippen molar-refractivity contribution >= 4 is 87.8 Å². The normalized spacial score (nSPS) is 12.4. The van der Waals surface area contributed by atoms with Crippen molar-refractivity contribution in [2.45, 2.75) is 0 Å². The fourth-order valence-electron chi connectivity index (χ4n) is 7.62. The van der Waals surface area contributed by atoms with Crippen molar-refractivity contribution in [2.24, 2.45) is 0 Å². The SMILES string of the molecule is O=P(c1cccc(-c2ccccn2)n1)(c1ccc2ccc3cccc4ccc1c2c34)c1ccc2ccc3cccc4ccc1c2c34. The van der Waals surface area contributed by atoms with E-state index in [1.54, 1.807) is 6.20 Å². The molecule has 0 N–H and O–H groups in total. The van der Waals surface area contributed by atoms with E-state index < -0.39 is 7.14 Å². The molecule has 2 heterocycles. The molecule has 0 atom stereocenters.